The number of hydrogen-bond donors (Lipinski definition) is 2. The fourth-order valence-electron chi connectivity index (χ4n) is 2.19. The number of phenolic OH excluding ortho intramolecular Hbond substituents is 1. The molecule has 2 nitrogen and oxygen atoms in total. The monoisotopic (exact) mass is 217 g/mol. The summed E-state index contributed by atoms with van der Waals surface area (Å²) in [6.45, 7) is 2.15. The molecule has 2 heteroatoms. The summed E-state index contributed by atoms with van der Waals surface area (Å²) in [7, 11) is 0. The Labute approximate surface area is 97.0 Å². The third kappa shape index (κ3) is 2.86. The van der Waals surface area contributed by atoms with Crippen molar-refractivity contribution in [1.29, 1.82) is 0 Å². The van der Waals surface area contributed by atoms with Gasteiger partial charge >= 0.3 is 0 Å². The van der Waals surface area contributed by atoms with E-state index >= 15 is 0 Å². The molecule has 0 aromatic heterocycles. The zero-order chi connectivity index (χ0) is 11.4. The highest BCUT2D eigenvalue weighted by Gasteiger charge is 2.13. The molecule has 2 atom stereocenters. The molecule has 2 N–H and O–H groups in total. The molecule has 0 radical (unpaired) electrons. The first kappa shape index (κ1) is 11.2. The Morgan fingerprint density at radius 2 is 2.25 bits per heavy atom. The third-order valence-electron chi connectivity index (χ3n) is 3.12. The van der Waals surface area contributed by atoms with Gasteiger partial charge in [-0.05, 0) is 43.9 Å². The lowest BCUT2D eigenvalue weighted by molar-refractivity contribution is 0.423. The lowest BCUT2D eigenvalue weighted by Gasteiger charge is -2.24. The molecular formula is C14H19NO. The van der Waals surface area contributed by atoms with E-state index in [1.54, 1.807) is 6.07 Å². The van der Waals surface area contributed by atoms with Crippen molar-refractivity contribution in [3.8, 4) is 5.75 Å². The molecule has 0 aliphatic heterocycles. The number of nitrogens with one attached hydrogen (secondary N) is 1. The highest BCUT2D eigenvalue weighted by Crippen LogP contribution is 2.20. The summed E-state index contributed by atoms with van der Waals surface area (Å²) in [5.41, 5.74) is 1.15. The van der Waals surface area contributed by atoms with Gasteiger partial charge in [0.05, 0.1) is 0 Å². The van der Waals surface area contributed by atoms with Crippen LogP contribution in [0.5, 0.6) is 5.75 Å². The van der Waals surface area contributed by atoms with Crippen LogP contribution in [-0.2, 0) is 0 Å². The Balaban J connectivity index is 1.97. The number of rotatable bonds is 3. The normalized spacial score (nSPS) is 21.9. The molecule has 0 saturated heterocycles. The van der Waals surface area contributed by atoms with Gasteiger partial charge in [-0.1, -0.05) is 24.3 Å². The average Bonchev–Trinajstić information content (AvgIpc) is 2.30. The predicted octanol–water partition coefficient (Wildman–Crippen LogP) is 3.15. The van der Waals surface area contributed by atoms with Gasteiger partial charge in [0.25, 0.3) is 0 Å². The van der Waals surface area contributed by atoms with Crippen LogP contribution < -0.4 is 5.32 Å². The fourth-order valence-corrected chi connectivity index (χ4v) is 2.19. The largest absolute Gasteiger partial charge is 0.508 e. The molecule has 0 bridgehead atoms. The van der Waals surface area contributed by atoms with Gasteiger partial charge in [-0.3, -0.25) is 0 Å². The van der Waals surface area contributed by atoms with Gasteiger partial charge in [-0.2, -0.15) is 0 Å². The van der Waals surface area contributed by atoms with Crippen LogP contribution in [-0.4, -0.2) is 11.1 Å². The van der Waals surface area contributed by atoms with Crippen molar-refractivity contribution in [1.82, 2.24) is 5.32 Å². The summed E-state index contributed by atoms with van der Waals surface area (Å²) in [6.07, 6.45) is 7.99. The van der Waals surface area contributed by atoms with Crippen LogP contribution in [0, 0.1) is 0 Å². The Kier molecular flexibility index (Phi) is 3.62. The van der Waals surface area contributed by atoms with E-state index in [0.717, 1.165) is 12.0 Å². The van der Waals surface area contributed by atoms with E-state index in [2.05, 4.69) is 30.5 Å². The topological polar surface area (TPSA) is 32.3 Å². The lowest BCUT2D eigenvalue weighted by atomic mass is 9.99. The molecule has 1 aliphatic carbocycles. The molecule has 0 heterocycles. The summed E-state index contributed by atoms with van der Waals surface area (Å²) < 4.78 is 0. The maximum atomic E-state index is 9.43. The van der Waals surface area contributed by atoms with Crippen LogP contribution in [0.25, 0.3) is 0 Å². The Morgan fingerprint density at radius 1 is 1.38 bits per heavy atom. The van der Waals surface area contributed by atoms with Gasteiger partial charge < -0.3 is 10.4 Å². The Bertz CT molecular complexity index is 373. The second-order valence-electron chi connectivity index (χ2n) is 4.46. The Morgan fingerprint density at radius 3 is 2.94 bits per heavy atom. The first-order valence-electron chi connectivity index (χ1n) is 5.95. The van der Waals surface area contributed by atoms with Gasteiger partial charge in [0.2, 0.25) is 0 Å². The SMILES string of the molecule is CC(NC1CC=CCC1)c1cccc(O)c1. The molecule has 0 saturated carbocycles. The second kappa shape index (κ2) is 5.17. The van der Waals surface area contributed by atoms with Crippen LogP contribution in [0.4, 0.5) is 0 Å². The average molecular weight is 217 g/mol. The second-order valence-corrected chi connectivity index (χ2v) is 4.46. The summed E-state index contributed by atoms with van der Waals surface area (Å²) in [4.78, 5) is 0. The summed E-state index contributed by atoms with van der Waals surface area (Å²) in [5, 5.41) is 13.0. The summed E-state index contributed by atoms with van der Waals surface area (Å²) in [5.74, 6) is 0.342. The summed E-state index contributed by atoms with van der Waals surface area (Å²) in [6, 6.07) is 8.35. The molecule has 16 heavy (non-hydrogen) atoms. The van der Waals surface area contributed by atoms with Crippen molar-refractivity contribution in [3.63, 3.8) is 0 Å². The van der Waals surface area contributed by atoms with E-state index in [9.17, 15) is 5.11 Å². The van der Waals surface area contributed by atoms with E-state index in [4.69, 9.17) is 0 Å². The standard InChI is InChI=1S/C14H19NO/c1-11(12-6-5-9-14(16)10-12)15-13-7-3-2-4-8-13/h2-3,5-6,9-11,13,15-16H,4,7-8H2,1H3. The van der Waals surface area contributed by atoms with Crippen molar-refractivity contribution in [2.24, 2.45) is 0 Å². The van der Waals surface area contributed by atoms with E-state index in [1.165, 1.54) is 12.8 Å². The quantitative estimate of drug-likeness (QED) is 0.762. The number of aromatic hydroxyl groups is 1. The van der Waals surface area contributed by atoms with Crippen molar-refractivity contribution in [3.05, 3.63) is 42.0 Å². The highest BCUT2D eigenvalue weighted by molar-refractivity contribution is 5.29. The first-order valence-corrected chi connectivity index (χ1v) is 5.95. The van der Waals surface area contributed by atoms with Crippen molar-refractivity contribution in [2.45, 2.75) is 38.3 Å². The summed E-state index contributed by atoms with van der Waals surface area (Å²) >= 11 is 0. The van der Waals surface area contributed by atoms with Gasteiger partial charge in [-0.25, -0.2) is 0 Å². The van der Waals surface area contributed by atoms with Gasteiger partial charge in [-0.15, -0.1) is 0 Å². The Hall–Kier alpha value is -1.28. The van der Waals surface area contributed by atoms with Gasteiger partial charge in [0, 0.05) is 12.1 Å². The minimum absolute atomic E-state index is 0.295. The first-order chi connectivity index (χ1) is 7.75. The number of benzene rings is 1. The molecule has 0 spiro atoms. The minimum atomic E-state index is 0.295. The van der Waals surface area contributed by atoms with Crippen molar-refractivity contribution >= 4 is 0 Å². The zero-order valence-electron chi connectivity index (χ0n) is 9.69. The number of hydrogen-bond acceptors (Lipinski definition) is 2. The van der Waals surface area contributed by atoms with E-state index in [-0.39, 0.29) is 0 Å². The van der Waals surface area contributed by atoms with Gasteiger partial charge in [0.15, 0.2) is 0 Å². The number of allylic oxidation sites excluding steroid dienone is 1. The van der Waals surface area contributed by atoms with Crippen LogP contribution in [0.1, 0.15) is 37.8 Å². The molecule has 2 rings (SSSR count). The van der Waals surface area contributed by atoms with Crippen LogP contribution in [0.2, 0.25) is 0 Å². The smallest absolute Gasteiger partial charge is 0.115 e. The zero-order valence-corrected chi connectivity index (χ0v) is 9.69. The number of phenols is 1. The maximum Gasteiger partial charge on any atom is 0.115 e. The highest BCUT2D eigenvalue weighted by atomic mass is 16.3. The van der Waals surface area contributed by atoms with Crippen LogP contribution >= 0.6 is 0 Å². The molecule has 1 aromatic carbocycles. The molecule has 86 valence electrons. The molecule has 1 aliphatic rings. The van der Waals surface area contributed by atoms with Crippen LogP contribution in [0.3, 0.4) is 0 Å². The molecule has 0 amide bonds. The minimum Gasteiger partial charge on any atom is -0.508 e. The van der Waals surface area contributed by atoms with Crippen LogP contribution in [0.15, 0.2) is 36.4 Å². The fraction of sp³-hybridized carbons (Fsp3) is 0.429. The van der Waals surface area contributed by atoms with Crippen molar-refractivity contribution < 1.29 is 5.11 Å². The molecule has 2 unspecified atom stereocenters. The lowest BCUT2D eigenvalue weighted by Crippen LogP contribution is -2.32. The van der Waals surface area contributed by atoms with E-state index < -0.39 is 0 Å². The molecule has 0 fully saturated rings. The van der Waals surface area contributed by atoms with Gasteiger partial charge in [0.1, 0.15) is 5.75 Å². The van der Waals surface area contributed by atoms with Crippen molar-refractivity contribution in [2.75, 3.05) is 0 Å². The predicted molar refractivity (Wildman–Crippen MR) is 66.4 cm³/mol. The molecule has 1 aromatic rings. The maximum absolute atomic E-state index is 9.43. The third-order valence-corrected chi connectivity index (χ3v) is 3.12. The molecular weight excluding hydrogens is 198 g/mol. The van der Waals surface area contributed by atoms with E-state index in [1.807, 2.05) is 12.1 Å². The van der Waals surface area contributed by atoms with E-state index in [0.29, 0.717) is 17.8 Å².